The molecular formula is C21H29N3OS2. The van der Waals surface area contributed by atoms with Crippen LogP contribution in [0.2, 0.25) is 0 Å². The topological polar surface area (TPSA) is 35.6 Å². The summed E-state index contributed by atoms with van der Waals surface area (Å²) in [5.41, 5.74) is 1.41. The summed E-state index contributed by atoms with van der Waals surface area (Å²) in [4.78, 5) is 5.19. The van der Waals surface area contributed by atoms with Gasteiger partial charge in [0.1, 0.15) is 0 Å². The molecule has 27 heavy (non-hydrogen) atoms. The van der Waals surface area contributed by atoms with E-state index in [0.29, 0.717) is 11.3 Å². The van der Waals surface area contributed by atoms with Crippen molar-refractivity contribution in [3.05, 3.63) is 29.6 Å². The van der Waals surface area contributed by atoms with Crippen LogP contribution in [0.5, 0.6) is 0 Å². The highest BCUT2D eigenvalue weighted by Gasteiger charge is 2.35. The first-order valence-corrected chi connectivity index (χ1v) is 12.5. The van der Waals surface area contributed by atoms with Crippen molar-refractivity contribution in [3.8, 4) is 0 Å². The Labute approximate surface area is 168 Å². The van der Waals surface area contributed by atoms with Gasteiger partial charge in [-0.2, -0.15) is 0 Å². The highest BCUT2D eigenvalue weighted by atomic mass is 32.2. The maximum atomic E-state index is 11.9. The van der Waals surface area contributed by atoms with Crippen molar-refractivity contribution in [1.29, 1.82) is 0 Å². The first-order chi connectivity index (χ1) is 13.3. The Kier molecular flexibility index (Phi) is 5.24. The number of anilines is 1. The first-order valence-electron chi connectivity index (χ1n) is 10.4. The quantitative estimate of drug-likeness (QED) is 0.767. The molecule has 146 valence electrons. The molecule has 5 rings (SSSR count). The molecule has 3 aliphatic rings. The Hall–Kier alpha value is -0.950. The summed E-state index contributed by atoms with van der Waals surface area (Å²) in [6.07, 6.45) is 6.05. The molecular weight excluding hydrogens is 374 g/mol. The van der Waals surface area contributed by atoms with Gasteiger partial charge in [-0.15, -0.1) is 11.3 Å². The van der Waals surface area contributed by atoms with Crippen LogP contribution in [0.3, 0.4) is 0 Å². The van der Waals surface area contributed by atoms with Crippen molar-refractivity contribution in [2.24, 2.45) is 5.92 Å². The SMILES string of the molecule is O=S(NC1CC(CCN2CCN(c3cccc4sccc34)CC2)C1)C1CC1. The summed E-state index contributed by atoms with van der Waals surface area (Å²) in [5.74, 6) is 0.830. The van der Waals surface area contributed by atoms with Crippen LogP contribution in [0.4, 0.5) is 5.69 Å². The van der Waals surface area contributed by atoms with E-state index in [2.05, 4.69) is 44.2 Å². The van der Waals surface area contributed by atoms with Crippen LogP contribution in [-0.2, 0) is 11.0 Å². The number of rotatable bonds is 7. The van der Waals surface area contributed by atoms with Crippen LogP contribution in [0.25, 0.3) is 10.1 Å². The number of fused-ring (bicyclic) bond motifs is 1. The first kappa shape index (κ1) is 18.1. The molecule has 2 aromatic rings. The molecule has 1 aromatic heterocycles. The zero-order valence-electron chi connectivity index (χ0n) is 15.8. The fraction of sp³-hybridized carbons (Fsp3) is 0.619. The number of nitrogens with one attached hydrogen (secondary N) is 1. The number of benzene rings is 1. The normalized spacial score (nSPS) is 27.6. The zero-order valence-corrected chi connectivity index (χ0v) is 17.4. The maximum absolute atomic E-state index is 11.9. The zero-order chi connectivity index (χ0) is 18.2. The van der Waals surface area contributed by atoms with Gasteiger partial charge in [0.2, 0.25) is 0 Å². The van der Waals surface area contributed by atoms with E-state index in [1.807, 2.05) is 11.3 Å². The second-order valence-corrected chi connectivity index (χ2v) is 10.8. The molecule has 3 fully saturated rings. The third-order valence-corrected chi connectivity index (χ3v) is 8.91. The Morgan fingerprint density at radius 2 is 1.93 bits per heavy atom. The number of piperazine rings is 1. The molecule has 0 spiro atoms. The van der Waals surface area contributed by atoms with E-state index in [9.17, 15) is 4.21 Å². The third-order valence-electron chi connectivity index (χ3n) is 6.39. The summed E-state index contributed by atoms with van der Waals surface area (Å²) < 4.78 is 16.6. The Bertz CT molecular complexity index is 805. The molecule has 1 aromatic carbocycles. The Morgan fingerprint density at radius 3 is 2.70 bits per heavy atom. The minimum absolute atomic E-state index is 0.459. The summed E-state index contributed by atoms with van der Waals surface area (Å²) in [6, 6.07) is 9.47. The molecule has 1 saturated heterocycles. The lowest BCUT2D eigenvalue weighted by Gasteiger charge is -2.39. The molecule has 1 aliphatic heterocycles. The minimum Gasteiger partial charge on any atom is -0.368 e. The van der Waals surface area contributed by atoms with Crippen LogP contribution in [0, 0.1) is 5.92 Å². The lowest BCUT2D eigenvalue weighted by Crippen LogP contribution is -2.48. The van der Waals surface area contributed by atoms with Crippen molar-refractivity contribution >= 4 is 38.1 Å². The van der Waals surface area contributed by atoms with Gasteiger partial charge < -0.3 is 4.90 Å². The van der Waals surface area contributed by atoms with Gasteiger partial charge in [-0.1, -0.05) is 6.07 Å². The predicted molar refractivity (Wildman–Crippen MR) is 116 cm³/mol. The van der Waals surface area contributed by atoms with Gasteiger partial charge in [0.25, 0.3) is 0 Å². The predicted octanol–water partition coefficient (Wildman–Crippen LogP) is 3.61. The summed E-state index contributed by atoms with van der Waals surface area (Å²) >= 11 is 1.83. The van der Waals surface area contributed by atoms with Gasteiger partial charge in [0, 0.05) is 53.2 Å². The monoisotopic (exact) mass is 403 g/mol. The molecule has 6 heteroatoms. The second-order valence-electron chi connectivity index (χ2n) is 8.38. The van der Waals surface area contributed by atoms with E-state index < -0.39 is 11.0 Å². The molecule has 1 N–H and O–H groups in total. The van der Waals surface area contributed by atoms with Crippen molar-refractivity contribution in [2.75, 3.05) is 37.6 Å². The lowest BCUT2D eigenvalue weighted by atomic mass is 9.79. The highest BCUT2D eigenvalue weighted by molar-refractivity contribution is 7.84. The van der Waals surface area contributed by atoms with Gasteiger partial charge in [-0.05, 0) is 68.1 Å². The standard InChI is InChI=1S/C21H29N3OS2/c25-27(18-4-5-18)22-17-14-16(15-17)6-8-23-9-11-24(12-10-23)20-2-1-3-21-19(20)7-13-26-21/h1-3,7,13,16-18,22H,4-6,8-12,14-15H2. The van der Waals surface area contributed by atoms with E-state index in [0.717, 1.165) is 31.8 Å². The number of nitrogens with zero attached hydrogens (tertiary/aromatic N) is 2. The fourth-order valence-electron chi connectivity index (χ4n) is 4.44. The molecule has 0 radical (unpaired) electrons. The smallest absolute Gasteiger partial charge is 0.0949 e. The lowest BCUT2D eigenvalue weighted by molar-refractivity contribution is 0.183. The molecule has 2 saturated carbocycles. The van der Waals surface area contributed by atoms with Gasteiger partial charge in [-0.25, -0.2) is 8.93 Å². The molecule has 2 heterocycles. The summed E-state index contributed by atoms with van der Waals surface area (Å²) in [5, 5.41) is 4.07. The second kappa shape index (κ2) is 7.82. The van der Waals surface area contributed by atoms with Crippen LogP contribution >= 0.6 is 11.3 Å². The van der Waals surface area contributed by atoms with Gasteiger partial charge in [0.15, 0.2) is 0 Å². The van der Waals surface area contributed by atoms with Crippen molar-refractivity contribution in [3.63, 3.8) is 0 Å². The number of thiophene rings is 1. The van der Waals surface area contributed by atoms with E-state index in [1.54, 1.807) is 0 Å². The van der Waals surface area contributed by atoms with Crippen molar-refractivity contribution in [1.82, 2.24) is 9.62 Å². The minimum atomic E-state index is -0.757. The van der Waals surface area contributed by atoms with E-state index in [-0.39, 0.29) is 0 Å². The van der Waals surface area contributed by atoms with Crippen molar-refractivity contribution in [2.45, 2.75) is 43.4 Å². The van der Waals surface area contributed by atoms with Crippen LogP contribution in [0.1, 0.15) is 32.1 Å². The molecule has 1 unspecified atom stereocenters. The van der Waals surface area contributed by atoms with E-state index in [4.69, 9.17) is 0 Å². The van der Waals surface area contributed by atoms with Crippen molar-refractivity contribution < 1.29 is 4.21 Å². The Morgan fingerprint density at radius 1 is 1.11 bits per heavy atom. The Balaban J connectivity index is 1.04. The van der Waals surface area contributed by atoms with E-state index in [1.165, 1.54) is 54.7 Å². The average molecular weight is 404 g/mol. The van der Waals surface area contributed by atoms with Gasteiger partial charge >= 0.3 is 0 Å². The highest BCUT2D eigenvalue weighted by Crippen LogP contribution is 2.34. The summed E-state index contributed by atoms with van der Waals surface area (Å²) in [7, 11) is -0.757. The summed E-state index contributed by atoms with van der Waals surface area (Å²) in [6.45, 7) is 5.81. The van der Waals surface area contributed by atoms with Crippen LogP contribution in [-0.4, -0.2) is 53.1 Å². The largest absolute Gasteiger partial charge is 0.368 e. The molecule has 2 aliphatic carbocycles. The van der Waals surface area contributed by atoms with Crippen LogP contribution in [0.15, 0.2) is 29.6 Å². The maximum Gasteiger partial charge on any atom is 0.0949 e. The van der Waals surface area contributed by atoms with Crippen LogP contribution < -0.4 is 9.62 Å². The van der Waals surface area contributed by atoms with Gasteiger partial charge in [0.05, 0.1) is 11.0 Å². The van der Waals surface area contributed by atoms with Gasteiger partial charge in [-0.3, -0.25) is 4.90 Å². The molecule has 0 amide bonds. The molecule has 1 atom stereocenters. The third kappa shape index (κ3) is 4.09. The fourth-order valence-corrected chi connectivity index (χ4v) is 6.53. The number of hydrogen-bond acceptors (Lipinski definition) is 4. The average Bonchev–Trinajstić information content (AvgIpc) is 3.40. The van der Waals surface area contributed by atoms with E-state index >= 15 is 0 Å². The molecule has 0 bridgehead atoms. The number of hydrogen-bond donors (Lipinski definition) is 1. The molecule has 4 nitrogen and oxygen atoms in total.